The van der Waals surface area contributed by atoms with Crippen LogP contribution in [0.4, 0.5) is 26.3 Å². The number of rotatable bonds is 3. The molecule has 3 rings (SSSR count). The van der Waals surface area contributed by atoms with Crippen molar-refractivity contribution in [2.24, 2.45) is 0 Å². The highest BCUT2D eigenvalue weighted by molar-refractivity contribution is 7.99. The lowest BCUT2D eigenvalue weighted by Gasteiger charge is -2.14. The van der Waals surface area contributed by atoms with Gasteiger partial charge in [0.05, 0.1) is 22.4 Å². The summed E-state index contributed by atoms with van der Waals surface area (Å²) in [5.41, 5.74) is -2.29. The lowest BCUT2D eigenvalue weighted by molar-refractivity contribution is -0.138. The molecule has 0 atom stereocenters. The zero-order chi connectivity index (χ0) is 21.2. The molecule has 0 radical (unpaired) electrons. The van der Waals surface area contributed by atoms with Gasteiger partial charge in [-0.3, -0.25) is 0 Å². The van der Waals surface area contributed by atoms with Crippen molar-refractivity contribution in [3.05, 3.63) is 77.4 Å². The summed E-state index contributed by atoms with van der Waals surface area (Å²) < 4.78 is 78.7. The van der Waals surface area contributed by atoms with Gasteiger partial charge in [-0.25, -0.2) is 4.98 Å². The summed E-state index contributed by atoms with van der Waals surface area (Å²) >= 11 is 0.696. The Morgan fingerprint density at radius 3 is 1.97 bits per heavy atom. The minimum Gasteiger partial charge on any atom is -0.240 e. The van der Waals surface area contributed by atoms with Crippen molar-refractivity contribution in [1.82, 2.24) is 4.98 Å². The Labute approximate surface area is 165 Å². The summed E-state index contributed by atoms with van der Waals surface area (Å²) in [6, 6.07) is 14.3. The summed E-state index contributed by atoms with van der Waals surface area (Å²) in [7, 11) is 0. The highest BCUT2D eigenvalue weighted by atomic mass is 32.2. The lowest BCUT2D eigenvalue weighted by atomic mass is 10.1. The normalized spacial score (nSPS) is 11.9. The summed E-state index contributed by atoms with van der Waals surface area (Å²) in [5.74, 6) is 0. The largest absolute Gasteiger partial charge is 0.417 e. The molecular weight excluding hydrogens is 414 g/mol. The van der Waals surface area contributed by atoms with E-state index >= 15 is 0 Å². The molecule has 0 aliphatic heterocycles. The van der Waals surface area contributed by atoms with Crippen LogP contribution in [0.1, 0.15) is 16.7 Å². The van der Waals surface area contributed by atoms with E-state index in [9.17, 15) is 31.6 Å². The number of hydrogen-bond acceptors (Lipinski definition) is 3. The molecule has 3 aromatic rings. The number of alkyl halides is 6. The number of nitriles is 1. The van der Waals surface area contributed by atoms with E-state index in [1.807, 2.05) is 0 Å². The van der Waals surface area contributed by atoms with Crippen LogP contribution >= 0.6 is 11.8 Å². The maximum absolute atomic E-state index is 13.5. The zero-order valence-corrected chi connectivity index (χ0v) is 15.2. The van der Waals surface area contributed by atoms with E-state index < -0.39 is 29.0 Å². The fourth-order valence-electron chi connectivity index (χ4n) is 2.51. The minimum absolute atomic E-state index is 0.00587. The standard InChI is InChI=1S/C20H10F6N2S/c21-19(22,23)13-6-8-14(9-7-13)29-18-15(11-27)16(20(24,25)26)10-17(28-18)12-4-2-1-3-5-12/h1-10H. The molecule has 0 N–H and O–H groups in total. The van der Waals surface area contributed by atoms with Gasteiger partial charge in [0, 0.05) is 10.5 Å². The van der Waals surface area contributed by atoms with E-state index in [0.717, 1.165) is 30.3 Å². The van der Waals surface area contributed by atoms with Gasteiger partial charge in [-0.1, -0.05) is 42.1 Å². The van der Waals surface area contributed by atoms with Crippen LogP contribution in [0.5, 0.6) is 0 Å². The highest BCUT2D eigenvalue weighted by Crippen LogP contribution is 2.40. The van der Waals surface area contributed by atoms with Gasteiger partial charge in [0.15, 0.2) is 0 Å². The quantitative estimate of drug-likeness (QED) is 0.434. The Kier molecular flexibility index (Phi) is 5.57. The SMILES string of the molecule is N#Cc1c(C(F)(F)F)cc(-c2ccccc2)nc1Sc1ccc(C(F)(F)F)cc1. The van der Waals surface area contributed by atoms with Crippen molar-refractivity contribution in [3.63, 3.8) is 0 Å². The van der Waals surface area contributed by atoms with Crippen molar-refractivity contribution in [2.45, 2.75) is 22.3 Å². The van der Waals surface area contributed by atoms with Gasteiger partial charge in [0.1, 0.15) is 11.1 Å². The Bertz CT molecular complexity index is 1050. The van der Waals surface area contributed by atoms with E-state index in [1.54, 1.807) is 30.3 Å². The fraction of sp³-hybridized carbons (Fsp3) is 0.100. The van der Waals surface area contributed by atoms with Crippen LogP contribution in [0.25, 0.3) is 11.3 Å². The molecule has 29 heavy (non-hydrogen) atoms. The fourth-order valence-corrected chi connectivity index (χ4v) is 3.40. The number of nitrogens with zero attached hydrogens (tertiary/aromatic N) is 2. The molecule has 9 heteroatoms. The van der Waals surface area contributed by atoms with Gasteiger partial charge >= 0.3 is 12.4 Å². The number of hydrogen-bond donors (Lipinski definition) is 0. The van der Waals surface area contributed by atoms with Gasteiger partial charge in [-0.15, -0.1) is 0 Å². The average Bonchev–Trinajstić information content (AvgIpc) is 2.67. The van der Waals surface area contributed by atoms with Crippen molar-refractivity contribution in [1.29, 1.82) is 5.26 Å². The molecule has 0 aliphatic rings. The monoisotopic (exact) mass is 424 g/mol. The summed E-state index contributed by atoms with van der Waals surface area (Å²) in [6.07, 6.45) is -9.33. The average molecular weight is 424 g/mol. The molecule has 2 aromatic carbocycles. The minimum atomic E-state index is -4.80. The topological polar surface area (TPSA) is 36.7 Å². The van der Waals surface area contributed by atoms with Crippen LogP contribution in [0.3, 0.4) is 0 Å². The molecule has 0 aliphatic carbocycles. The number of pyridine rings is 1. The first kappa shape index (κ1) is 20.7. The molecule has 0 bridgehead atoms. The molecule has 0 fully saturated rings. The molecule has 1 aromatic heterocycles. The highest BCUT2D eigenvalue weighted by Gasteiger charge is 2.36. The predicted octanol–water partition coefficient (Wildman–Crippen LogP) is 6.81. The first-order valence-electron chi connectivity index (χ1n) is 8.02. The summed E-state index contributed by atoms with van der Waals surface area (Å²) in [5, 5.41) is 9.07. The Morgan fingerprint density at radius 1 is 0.828 bits per heavy atom. The third-order valence-electron chi connectivity index (χ3n) is 3.87. The van der Waals surface area contributed by atoms with E-state index in [2.05, 4.69) is 4.98 Å². The maximum Gasteiger partial charge on any atom is 0.417 e. The van der Waals surface area contributed by atoms with Gasteiger partial charge in [-0.2, -0.15) is 31.6 Å². The molecule has 0 spiro atoms. The van der Waals surface area contributed by atoms with Crippen molar-refractivity contribution in [2.75, 3.05) is 0 Å². The van der Waals surface area contributed by atoms with E-state index in [0.29, 0.717) is 17.3 Å². The maximum atomic E-state index is 13.5. The molecule has 0 saturated carbocycles. The Morgan fingerprint density at radius 2 is 1.45 bits per heavy atom. The van der Waals surface area contributed by atoms with Gasteiger partial charge in [0.25, 0.3) is 0 Å². The van der Waals surface area contributed by atoms with Crippen LogP contribution in [-0.4, -0.2) is 4.98 Å². The number of halogens is 6. The molecule has 2 nitrogen and oxygen atoms in total. The van der Waals surface area contributed by atoms with Crippen LogP contribution in [0.15, 0.2) is 70.6 Å². The van der Waals surface area contributed by atoms with Crippen LogP contribution in [0.2, 0.25) is 0 Å². The first-order valence-corrected chi connectivity index (χ1v) is 8.84. The number of aromatic nitrogens is 1. The van der Waals surface area contributed by atoms with Gasteiger partial charge < -0.3 is 0 Å². The molecule has 148 valence electrons. The smallest absolute Gasteiger partial charge is 0.240 e. The number of benzene rings is 2. The van der Waals surface area contributed by atoms with Gasteiger partial charge in [-0.05, 0) is 30.3 Å². The van der Waals surface area contributed by atoms with Crippen LogP contribution in [0, 0.1) is 11.3 Å². The second-order valence-corrected chi connectivity index (χ2v) is 6.90. The lowest BCUT2D eigenvalue weighted by Crippen LogP contribution is -2.10. The van der Waals surface area contributed by atoms with E-state index in [4.69, 9.17) is 0 Å². The van der Waals surface area contributed by atoms with Crippen molar-refractivity contribution >= 4 is 11.8 Å². The third kappa shape index (κ3) is 4.71. The third-order valence-corrected chi connectivity index (χ3v) is 4.87. The van der Waals surface area contributed by atoms with Crippen molar-refractivity contribution in [3.8, 4) is 17.3 Å². The molecular formula is C20H10F6N2S. The van der Waals surface area contributed by atoms with E-state index in [1.165, 1.54) is 6.07 Å². The molecule has 0 amide bonds. The molecule has 1 heterocycles. The second kappa shape index (κ2) is 7.79. The predicted molar refractivity (Wildman–Crippen MR) is 95.0 cm³/mol. The Hall–Kier alpha value is -2.99. The van der Waals surface area contributed by atoms with E-state index in [-0.39, 0.29) is 15.6 Å². The molecule has 0 unspecified atom stereocenters. The van der Waals surface area contributed by atoms with Gasteiger partial charge in [0.2, 0.25) is 0 Å². The zero-order valence-electron chi connectivity index (χ0n) is 14.3. The summed E-state index contributed by atoms with van der Waals surface area (Å²) in [6.45, 7) is 0. The second-order valence-electron chi connectivity index (χ2n) is 5.83. The Balaban J connectivity index is 2.10. The van der Waals surface area contributed by atoms with Crippen LogP contribution < -0.4 is 0 Å². The van der Waals surface area contributed by atoms with Crippen molar-refractivity contribution < 1.29 is 26.3 Å². The first-order chi connectivity index (χ1) is 13.6. The van der Waals surface area contributed by atoms with Crippen LogP contribution in [-0.2, 0) is 12.4 Å². The molecule has 0 saturated heterocycles. The summed E-state index contributed by atoms with van der Waals surface area (Å²) in [4.78, 5) is 4.40.